The number of aryl methyl sites for hydroxylation is 1. The van der Waals surface area contributed by atoms with Crippen LogP contribution in [0.3, 0.4) is 0 Å². The molecule has 2 rings (SSSR count). The van der Waals surface area contributed by atoms with Gasteiger partial charge in [0.1, 0.15) is 5.69 Å². The molecule has 0 aliphatic carbocycles. The summed E-state index contributed by atoms with van der Waals surface area (Å²) in [5.41, 5.74) is 0.205. The van der Waals surface area contributed by atoms with Crippen molar-refractivity contribution in [2.24, 2.45) is 0 Å². The molecule has 0 bridgehead atoms. The summed E-state index contributed by atoms with van der Waals surface area (Å²) in [7, 11) is 0. The first-order valence-electron chi connectivity index (χ1n) is 5.08. The highest BCUT2D eigenvalue weighted by atomic mass is 32.2. The standard InChI is InChI=1S/C9H12N4OS2/c1-3-4-5-15-9-12-13-7(14)6(2)10-11-8(13)16-9/h3-5H2,1-2H3. The van der Waals surface area contributed by atoms with E-state index in [1.807, 2.05) is 0 Å². The molecule has 0 aliphatic heterocycles. The average Bonchev–Trinajstić information content (AvgIpc) is 2.68. The van der Waals surface area contributed by atoms with Crippen molar-refractivity contribution in [3.8, 4) is 0 Å². The van der Waals surface area contributed by atoms with Gasteiger partial charge in [0.15, 0.2) is 4.34 Å². The van der Waals surface area contributed by atoms with E-state index in [1.54, 1.807) is 18.7 Å². The van der Waals surface area contributed by atoms with E-state index in [9.17, 15) is 4.79 Å². The molecule has 5 nitrogen and oxygen atoms in total. The molecule has 86 valence electrons. The van der Waals surface area contributed by atoms with E-state index in [0.29, 0.717) is 10.7 Å². The SMILES string of the molecule is CCCCSc1nn2c(=O)c(C)nnc2s1. The fraction of sp³-hybridized carbons (Fsp3) is 0.556. The number of aromatic nitrogens is 4. The van der Waals surface area contributed by atoms with Gasteiger partial charge in [-0.3, -0.25) is 4.79 Å². The quantitative estimate of drug-likeness (QED) is 0.616. The van der Waals surface area contributed by atoms with Crippen LogP contribution in [-0.4, -0.2) is 25.6 Å². The first kappa shape index (κ1) is 11.5. The van der Waals surface area contributed by atoms with Crippen LogP contribution in [-0.2, 0) is 0 Å². The van der Waals surface area contributed by atoms with Gasteiger partial charge < -0.3 is 0 Å². The molecule has 16 heavy (non-hydrogen) atoms. The Kier molecular flexibility index (Phi) is 3.55. The third-order valence-corrected chi connectivity index (χ3v) is 4.17. The number of unbranched alkanes of at least 4 members (excludes halogenated alkanes) is 1. The third kappa shape index (κ3) is 2.25. The summed E-state index contributed by atoms with van der Waals surface area (Å²) in [6.07, 6.45) is 2.32. The smallest absolute Gasteiger partial charge is 0.265 e. The maximum atomic E-state index is 11.7. The summed E-state index contributed by atoms with van der Waals surface area (Å²) in [6, 6.07) is 0. The summed E-state index contributed by atoms with van der Waals surface area (Å²) in [4.78, 5) is 12.2. The van der Waals surface area contributed by atoms with Crippen LogP contribution in [0.1, 0.15) is 25.5 Å². The lowest BCUT2D eigenvalue weighted by Crippen LogP contribution is -2.19. The summed E-state index contributed by atoms with van der Waals surface area (Å²) >= 11 is 3.08. The van der Waals surface area contributed by atoms with E-state index in [-0.39, 0.29) is 5.56 Å². The first-order valence-corrected chi connectivity index (χ1v) is 6.88. The second-order valence-corrected chi connectivity index (χ2v) is 5.65. The van der Waals surface area contributed by atoms with Gasteiger partial charge in [0.05, 0.1) is 0 Å². The molecule has 0 unspecified atom stereocenters. The van der Waals surface area contributed by atoms with Gasteiger partial charge in [-0.1, -0.05) is 36.4 Å². The lowest BCUT2D eigenvalue weighted by Gasteiger charge is -1.92. The highest BCUT2D eigenvalue weighted by molar-refractivity contribution is 8.01. The van der Waals surface area contributed by atoms with Crippen LogP contribution in [0.4, 0.5) is 0 Å². The maximum Gasteiger partial charge on any atom is 0.296 e. The zero-order valence-electron chi connectivity index (χ0n) is 9.13. The van der Waals surface area contributed by atoms with Crippen LogP contribution in [0.25, 0.3) is 4.96 Å². The predicted molar refractivity (Wildman–Crippen MR) is 65.3 cm³/mol. The number of thioether (sulfide) groups is 1. The summed E-state index contributed by atoms with van der Waals surface area (Å²) < 4.78 is 2.21. The van der Waals surface area contributed by atoms with Crippen molar-refractivity contribution >= 4 is 28.1 Å². The van der Waals surface area contributed by atoms with E-state index in [0.717, 1.165) is 22.9 Å². The molecular weight excluding hydrogens is 244 g/mol. The van der Waals surface area contributed by atoms with Gasteiger partial charge in [-0.2, -0.15) is 4.52 Å². The highest BCUT2D eigenvalue weighted by Gasteiger charge is 2.09. The lowest BCUT2D eigenvalue weighted by atomic mass is 10.4. The van der Waals surface area contributed by atoms with E-state index in [2.05, 4.69) is 22.2 Å². The van der Waals surface area contributed by atoms with Gasteiger partial charge in [-0.25, -0.2) is 0 Å². The Morgan fingerprint density at radius 3 is 3.00 bits per heavy atom. The number of fused-ring (bicyclic) bond motifs is 1. The second kappa shape index (κ2) is 4.92. The van der Waals surface area contributed by atoms with Crippen molar-refractivity contribution in [1.29, 1.82) is 0 Å². The molecule has 0 amide bonds. The molecule has 0 radical (unpaired) electrons. The zero-order valence-corrected chi connectivity index (χ0v) is 10.8. The van der Waals surface area contributed by atoms with E-state index in [1.165, 1.54) is 15.9 Å². The largest absolute Gasteiger partial charge is 0.296 e. The Bertz CT molecular complexity index is 548. The fourth-order valence-electron chi connectivity index (χ4n) is 1.14. The van der Waals surface area contributed by atoms with Gasteiger partial charge in [-0.15, -0.1) is 15.3 Å². The molecule has 7 heteroatoms. The molecule has 0 spiro atoms. The Morgan fingerprint density at radius 2 is 2.25 bits per heavy atom. The summed E-state index contributed by atoms with van der Waals surface area (Å²) in [5.74, 6) is 1.03. The van der Waals surface area contributed by atoms with Crippen molar-refractivity contribution in [1.82, 2.24) is 19.8 Å². The Morgan fingerprint density at radius 1 is 1.44 bits per heavy atom. The van der Waals surface area contributed by atoms with Crippen molar-refractivity contribution in [3.05, 3.63) is 16.0 Å². The Labute approximate surface area is 101 Å². The highest BCUT2D eigenvalue weighted by Crippen LogP contribution is 2.23. The molecule has 2 aromatic heterocycles. The first-order chi connectivity index (χ1) is 7.72. The molecular formula is C9H12N4OS2. The van der Waals surface area contributed by atoms with Gasteiger partial charge in [0.25, 0.3) is 5.56 Å². The minimum atomic E-state index is -0.177. The zero-order chi connectivity index (χ0) is 11.5. The van der Waals surface area contributed by atoms with Crippen molar-refractivity contribution < 1.29 is 0 Å². The third-order valence-electron chi connectivity index (χ3n) is 2.05. The molecule has 0 aliphatic rings. The van der Waals surface area contributed by atoms with Gasteiger partial charge in [-0.05, 0) is 13.3 Å². The van der Waals surface area contributed by atoms with E-state index in [4.69, 9.17) is 0 Å². The average molecular weight is 256 g/mol. The van der Waals surface area contributed by atoms with Crippen LogP contribution < -0.4 is 5.56 Å². The number of nitrogens with zero attached hydrogens (tertiary/aromatic N) is 4. The number of hydrogen-bond acceptors (Lipinski definition) is 6. The van der Waals surface area contributed by atoms with Crippen LogP contribution in [0.15, 0.2) is 9.13 Å². The number of rotatable bonds is 4. The minimum absolute atomic E-state index is 0.177. The molecule has 0 saturated carbocycles. The van der Waals surface area contributed by atoms with Gasteiger partial charge in [0, 0.05) is 5.75 Å². The molecule has 0 N–H and O–H groups in total. The van der Waals surface area contributed by atoms with Gasteiger partial charge >= 0.3 is 0 Å². The molecule has 0 atom stereocenters. The normalized spacial score (nSPS) is 11.1. The van der Waals surface area contributed by atoms with Crippen LogP contribution in [0, 0.1) is 6.92 Å². The Balaban J connectivity index is 2.30. The summed E-state index contributed by atoms with van der Waals surface area (Å²) in [6.45, 7) is 3.79. The minimum Gasteiger partial charge on any atom is -0.265 e. The molecule has 2 aromatic rings. The van der Waals surface area contributed by atoms with E-state index >= 15 is 0 Å². The van der Waals surface area contributed by atoms with Crippen LogP contribution in [0.2, 0.25) is 0 Å². The topological polar surface area (TPSA) is 60.2 Å². The second-order valence-electron chi connectivity index (χ2n) is 3.35. The van der Waals surface area contributed by atoms with Crippen LogP contribution >= 0.6 is 23.1 Å². The predicted octanol–water partition coefficient (Wildman–Crippen LogP) is 1.75. The van der Waals surface area contributed by atoms with Crippen molar-refractivity contribution in [2.75, 3.05) is 5.75 Å². The monoisotopic (exact) mass is 256 g/mol. The lowest BCUT2D eigenvalue weighted by molar-refractivity contribution is 0.802. The molecule has 0 aromatic carbocycles. The number of hydrogen-bond donors (Lipinski definition) is 0. The molecule has 0 fully saturated rings. The van der Waals surface area contributed by atoms with Crippen molar-refractivity contribution in [2.45, 2.75) is 31.0 Å². The fourth-order valence-corrected chi connectivity index (χ4v) is 3.16. The molecule has 2 heterocycles. The molecule has 0 saturated heterocycles. The maximum absolute atomic E-state index is 11.7. The van der Waals surface area contributed by atoms with Gasteiger partial charge in [0.2, 0.25) is 4.96 Å². The van der Waals surface area contributed by atoms with Crippen LogP contribution in [0.5, 0.6) is 0 Å². The van der Waals surface area contributed by atoms with Crippen molar-refractivity contribution in [3.63, 3.8) is 0 Å². The summed E-state index contributed by atoms with van der Waals surface area (Å²) in [5, 5.41) is 12.0. The Hall–Kier alpha value is -0.950. The van der Waals surface area contributed by atoms with E-state index < -0.39 is 0 Å².